The molecule has 1 aromatic carbocycles. The SMILES string of the molecule is Fc1ccc2c(CCCC3CCN(CC4CCCCC4)CC3)noc2c1. The van der Waals surface area contributed by atoms with Crippen LogP contribution in [-0.2, 0) is 6.42 Å². The number of benzene rings is 1. The Hall–Kier alpha value is -1.42. The molecule has 26 heavy (non-hydrogen) atoms. The van der Waals surface area contributed by atoms with E-state index in [0.717, 1.165) is 35.8 Å². The van der Waals surface area contributed by atoms with Crippen molar-refractivity contribution in [1.82, 2.24) is 10.1 Å². The predicted octanol–water partition coefficient (Wildman–Crippen LogP) is 5.58. The summed E-state index contributed by atoms with van der Waals surface area (Å²) in [6, 6.07) is 4.71. The summed E-state index contributed by atoms with van der Waals surface area (Å²) >= 11 is 0. The molecule has 0 radical (unpaired) electrons. The third kappa shape index (κ3) is 4.46. The van der Waals surface area contributed by atoms with E-state index in [1.807, 2.05) is 0 Å². The van der Waals surface area contributed by atoms with Crippen LogP contribution in [0.3, 0.4) is 0 Å². The maximum atomic E-state index is 13.2. The molecule has 0 amide bonds. The minimum Gasteiger partial charge on any atom is -0.356 e. The second kappa shape index (κ2) is 8.51. The Morgan fingerprint density at radius 1 is 1.04 bits per heavy atom. The van der Waals surface area contributed by atoms with Crippen molar-refractivity contribution in [1.29, 1.82) is 0 Å². The average Bonchev–Trinajstić information content (AvgIpc) is 3.06. The van der Waals surface area contributed by atoms with Gasteiger partial charge in [0.1, 0.15) is 5.82 Å². The van der Waals surface area contributed by atoms with Gasteiger partial charge in [-0.1, -0.05) is 24.4 Å². The van der Waals surface area contributed by atoms with Crippen LogP contribution in [0.4, 0.5) is 4.39 Å². The van der Waals surface area contributed by atoms with Gasteiger partial charge in [-0.3, -0.25) is 0 Å². The molecule has 2 heterocycles. The van der Waals surface area contributed by atoms with E-state index in [1.54, 1.807) is 6.07 Å². The first-order valence-corrected chi connectivity index (χ1v) is 10.5. The van der Waals surface area contributed by atoms with Gasteiger partial charge in [0.25, 0.3) is 0 Å². The lowest BCUT2D eigenvalue weighted by Crippen LogP contribution is -2.37. The Morgan fingerprint density at radius 2 is 1.85 bits per heavy atom. The van der Waals surface area contributed by atoms with Crippen molar-refractivity contribution in [3.05, 3.63) is 29.7 Å². The van der Waals surface area contributed by atoms with Crippen LogP contribution in [0.15, 0.2) is 22.7 Å². The first-order chi connectivity index (χ1) is 12.8. The quantitative estimate of drug-likeness (QED) is 0.675. The van der Waals surface area contributed by atoms with Gasteiger partial charge in [-0.25, -0.2) is 4.39 Å². The van der Waals surface area contributed by atoms with Crippen molar-refractivity contribution in [3.8, 4) is 0 Å². The van der Waals surface area contributed by atoms with E-state index in [2.05, 4.69) is 10.1 Å². The second-order valence-corrected chi connectivity index (χ2v) is 8.41. The molecule has 0 bridgehead atoms. The molecule has 1 saturated heterocycles. The van der Waals surface area contributed by atoms with Crippen LogP contribution in [0, 0.1) is 17.7 Å². The van der Waals surface area contributed by atoms with E-state index >= 15 is 0 Å². The van der Waals surface area contributed by atoms with Crippen LogP contribution in [0.25, 0.3) is 11.0 Å². The Balaban J connectivity index is 1.19. The lowest BCUT2D eigenvalue weighted by Gasteiger charge is -2.35. The summed E-state index contributed by atoms with van der Waals surface area (Å²) in [7, 11) is 0. The molecular formula is C22H31FN2O. The molecule has 1 aromatic heterocycles. The molecule has 0 unspecified atom stereocenters. The molecule has 2 aromatic rings. The predicted molar refractivity (Wildman–Crippen MR) is 103 cm³/mol. The Morgan fingerprint density at radius 3 is 2.65 bits per heavy atom. The second-order valence-electron chi connectivity index (χ2n) is 8.41. The summed E-state index contributed by atoms with van der Waals surface area (Å²) in [6.07, 6.45) is 13.3. The van der Waals surface area contributed by atoms with Crippen molar-refractivity contribution in [2.45, 2.75) is 64.2 Å². The first-order valence-electron chi connectivity index (χ1n) is 10.5. The van der Waals surface area contributed by atoms with Crippen molar-refractivity contribution in [2.24, 2.45) is 11.8 Å². The van der Waals surface area contributed by atoms with Gasteiger partial charge in [0, 0.05) is 18.0 Å². The van der Waals surface area contributed by atoms with E-state index in [-0.39, 0.29) is 5.82 Å². The molecule has 0 spiro atoms. The molecule has 4 rings (SSSR count). The monoisotopic (exact) mass is 358 g/mol. The number of hydrogen-bond donors (Lipinski definition) is 0. The fraction of sp³-hybridized carbons (Fsp3) is 0.682. The fourth-order valence-corrected chi connectivity index (χ4v) is 4.89. The van der Waals surface area contributed by atoms with Crippen LogP contribution in [0.1, 0.15) is 63.5 Å². The maximum Gasteiger partial charge on any atom is 0.170 e. The number of halogens is 1. The normalized spacial score (nSPS) is 20.8. The van der Waals surface area contributed by atoms with Gasteiger partial charge in [0.2, 0.25) is 0 Å². The van der Waals surface area contributed by atoms with E-state index in [9.17, 15) is 4.39 Å². The standard InChI is InChI=1S/C22H31FN2O/c23-19-9-10-20-21(24-26-22(20)15-19)8-4-7-17-11-13-25(14-12-17)16-18-5-2-1-3-6-18/h9-10,15,17-18H,1-8,11-14,16H2. The van der Waals surface area contributed by atoms with E-state index in [0.29, 0.717) is 5.58 Å². The summed E-state index contributed by atoms with van der Waals surface area (Å²) in [5, 5.41) is 5.11. The van der Waals surface area contributed by atoms with Crippen molar-refractivity contribution in [2.75, 3.05) is 19.6 Å². The summed E-state index contributed by atoms with van der Waals surface area (Å²) < 4.78 is 18.5. The number of nitrogens with zero attached hydrogens (tertiary/aromatic N) is 2. The smallest absolute Gasteiger partial charge is 0.170 e. The zero-order chi connectivity index (χ0) is 17.8. The molecular weight excluding hydrogens is 327 g/mol. The Bertz CT molecular complexity index is 699. The Labute approximate surface area is 155 Å². The number of hydrogen-bond acceptors (Lipinski definition) is 3. The van der Waals surface area contributed by atoms with Crippen molar-refractivity contribution >= 4 is 11.0 Å². The molecule has 2 fully saturated rings. The summed E-state index contributed by atoms with van der Waals surface area (Å²) in [5.41, 5.74) is 1.55. The van der Waals surface area contributed by atoms with Crippen molar-refractivity contribution in [3.63, 3.8) is 0 Å². The maximum absolute atomic E-state index is 13.2. The Kier molecular flexibility index (Phi) is 5.88. The number of rotatable bonds is 6. The highest BCUT2D eigenvalue weighted by Crippen LogP contribution is 2.28. The molecule has 3 nitrogen and oxygen atoms in total. The van der Waals surface area contributed by atoms with E-state index in [4.69, 9.17) is 4.52 Å². The molecule has 142 valence electrons. The van der Waals surface area contributed by atoms with Crippen LogP contribution < -0.4 is 0 Å². The van der Waals surface area contributed by atoms with Gasteiger partial charge in [-0.2, -0.15) is 0 Å². The number of piperidine rings is 1. The van der Waals surface area contributed by atoms with Gasteiger partial charge < -0.3 is 9.42 Å². The molecule has 2 aliphatic rings. The largest absolute Gasteiger partial charge is 0.356 e. The molecule has 4 heteroatoms. The minimum atomic E-state index is -0.264. The van der Waals surface area contributed by atoms with Gasteiger partial charge in [0.05, 0.1) is 5.69 Å². The minimum absolute atomic E-state index is 0.264. The zero-order valence-corrected chi connectivity index (χ0v) is 15.8. The van der Waals surface area contributed by atoms with Gasteiger partial charge in [-0.15, -0.1) is 0 Å². The van der Waals surface area contributed by atoms with Crippen LogP contribution in [0.5, 0.6) is 0 Å². The lowest BCUT2D eigenvalue weighted by atomic mass is 9.87. The number of likely N-dealkylation sites (tertiary alicyclic amines) is 1. The molecule has 1 aliphatic heterocycles. The number of aryl methyl sites for hydroxylation is 1. The highest BCUT2D eigenvalue weighted by Gasteiger charge is 2.22. The fourth-order valence-electron chi connectivity index (χ4n) is 4.89. The topological polar surface area (TPSA) is 29.3 Å². The highest BCUT2D eigenvalue weighted by atomic mass is 19.1. The first kappa shape index (κ1) is 18.0. The van der Waals surface area contributed by atoms with Gasteiger partial charge in [0.15, 0.2) is 5.58 Å². The van der Waals surface area contributed by atoms with Crippen LogP contribution >= 0.6 is 0 Å². The van der Waals surface area contributed by atoms with Crippen LogP contribution in [0.2, 0.25) is 0 Å². The molecule has 0 atom stereocenters. The third-order valence-electron chi connectivity index (χ3n) is 6.48. The van der Waals surface area contributed by atoms with Gasteiger partial charge in [-0.05, 0) is 82.0 Å². The van der Waals surface area contributed by atoms with E-state index in [1.165, 1.54) is 83.1 Å². The number of fused-ring (bicyclic) bond motifs is 1. The average molecular weight is 359 g/mol. The van der Waals surface area contributed by atoms with Crippen molar-refractivity contribution < 1.29 is 8.91 Å². The molecule has 1 saturated carbocycles. The molecule has 1 aliphatic carbocycles. The van der Waals surface area contributed by atoms with Gasteiger partial charge >= 0.3 is 0 Å². The zero-order valence-electron chi connectivity index (χ0n) is 15.8. The van der Waals surface area contributed by atoms with Crippen LogP contribution in [-0.4, -0.2) is 29.7 Å². The highest BCUT2D eigenvalue weighted by molar-refractivity contribution is 5.79. The van der Waals surface area contributed by atoms with E-state index < -0.39 is 0 Å². The third-order valence-corrected chi connectivity index (χ3v) is 6.48. The summed E-state index contributed by atoms with van der Waals surface area (Å²) in [4.78, 5) is 2.71. The molecule has 0 N–H and O–H groups in total. The number of aromatic nitrogens is 1. The summed E-state index contributed by atoms with van der Waals surface area (Å²) in [6.45, 7) is 3.91. The lowest BCUT2D eigenvalue weighted by molar-refractivity contribution is 0.141. The summed E-state index contributed by atoms with van der Waals surface area (Å²) in [5.74, 6) is 1.55.